The van der Waals surface area contributed by atoms with Crippen LogP contribution in [0.15, 0.2) is 34.7 Å². The van der Waals surface area contributed by atoms with Gasteiger partial charge >= 0.3 is 5.97 Å². The van der Waals surface area contributed by atoms with E-state index < -0.39 is 5.97 Å². The minimum Gasteiger partial charge on any atom is -0.475 e. The summed E-state index contributed by atoms with van der Waals surface area (Å²) >= 11 is 0. The van der Waals surface area contributed by atoms with Crippen LogP contribution >= 0.6 is 0 Å². The quantitative estimate of drug-likeness (QED) is 0.845. The Morgan fingerprint density at radius 2 is 2.06 bits per heavy atom. The summed E-state index contributed by atoms with van der Waals surface area (Å²) in [5, 5.41) is 8.70. The highest BCUT2D eigenvalue weighted by molar-refractivity contribution is 5.85. The van der Waals surface area contributed by atoms with Gasteiger partial charge in [0.1, 0.15) is 11.6 Å². The topological polar surface area (TPSA) is 50.4 Å². The number of benzene rings is 1. The Balaban J connectivity index is 2.50. The van der Waals surface area contributed by atoms with Crippen LogP contribution in [0.3, 0.4) is 0 Å². The predicted octanol–water partition coefficient (Wildman–Crippen LogP) is 3.09. The third-order valence-corrected chi connectivity index (χ3v) is 2.35. The lowest BCUT2D eigenvalue weighted by atomic mass is 10.1. The van der Waals surface area contributed by atoms with Crippen LogP contribution in [-0.2, 0) is 0 Å². The highest BCUT2D eigenvalue weighted by Gasteiger charge is 2.13. The summed E-state index contributed by atoms with van der Waals surface area (Å²) in [6, 6.07) is 7.45. The SMILES string of the molecule is Cc1c(F)cccc1-c1ccc(C(=O)O)o1. The van der Waals surface area contributed by atoms with Crippen molar-refractivity contribution in [2.24, 2.45) is 0 Å². The molecule has 4 heteroatoms. The van der Waals surface area contributed by atoms with Crippen molar-refractivity contribution < 1.29 is 18.7 Å². The molecule has 0 saturated heterocycles. The van der Waals surface area contributed by atoms with Crippen molar-refractivity contribution in [3.63, 3.8) is 0 Å². The summed E-state index contributed by atoms with van der Waals surface area (Å²) in [6.07, 6.45) is 0. The van der Waals surface area contributed by atoms with Gasteiger partial charge in [-0.05, 0) is 30.7 Å². The highest BCUT2D eigenvalue weighted by Crippen LogP contribution is 2.26. The molecule has 0 aliphatic heterocycles. The first-order valence-corrected chi connectivity index (χ1v) is 4.68. The van der Waals surface area contributed by atoms with Gasteiger partial charge in [-0.2, -0.15) is 0 Å². The van der Waals surface area contributed by atoms with E-state index in [2.05, 4.69) is 0 Å². The third kappa shape index (κ3) is 1.69. The molecular weight excluding hydrogens is 211 g/mol. The molecule has 16 heavy (non-hydrogen) atoms. The lowest BCUT2D eigenvalue weighted by Crippen LogP contribution is -1.92. The molecule has 1 aromatic carbocycles. The first-order valence-electron chi connectivity index (χ1n) is 4.68. The van der Waals surface area contributed by atoms with Gasteiger partial charge in [-0.3, -0.25) is 0 Å². The van der Waals surface area contributed by atoms with Crippen LogP contribution in [0.5, 0.6) is 0 Å². The number of halogens is 1. The molecule has 0 unspecified atom stereocenters. The zero-order valence-corrected chi connectivity index (χ0v) is 8.53. The monoisotopic (exact) mass is 220 g/mol. The summed E-state index contributed by atoms with van der Waals surface area (Å²) in [7, 11) is 0. The maximum Gasteiger partial charge on any atom is 0.371 e. The van der Waals surface area contributed by atoms with Crippen LogP contribution in [0.25, 0.3) is 11.3 Å². The van der Waals surface area contributed by atoms with Crippen LogP contribution in [0, 0.1) is 12.7 Å². The summed E-state index contributed by atoms with van der Waals surface area (Å²) in [6.45, 7) is 1.62. The summed E-state index contributed by atoms with van der Waals surface area (Å²) in [5.41, 5.74) is 1.00. The molecule has 0 aliphatic carbocycles. The molecule has 2 rings (SSSR count). The number of carbonyl (C=O) groups is 1. The fourth-order valence-electron chi connectivity index (χ4n) is 1.47. The summed E-state index contributed by atoms with van der Waals surface area (Å²) < 4.78 is 18.4. The first-order chi connectivity index (χ1) is 7.59. The molecule has 0 atom stereocenters. The largest absolute Gasteiger partial charge is 0.475 e. The molecule has 0 saturated carbocycles. The van der Waals surface area contributed by atoms with Crippen molar-refractivity contribution in [1.29, 1.82) is 0 Å². The fraction of sp³-hybridized carbons (Fsp3) is 0.0833. The van der Waals surface area contributed by atoms with Crippen LogP contribution < -0.4 is 0 Å². The molecule has 1 N–H and O–H groups in total. The van der Waals surface area contributed by atoms with E-state index in [9.17, 15) is 9.18 Å². The van der Waals surface area contributed by atoms with Crippen LogP contribution in [0.1, 0.15) is 16.1 Å². The van der Waals surface area contributed by atoms with E-state index in [0.717, 1.165) is 0 Å². The van der Waals surface area contributed by atoms with Gasteiger partial charge < -0.3 is 9.52 Å². The highest BCUT2D eigenvalue weighted by atomic mass is 19.1. The minimum atomic E-state index is -1.14. The maximum atomic E-state index is 13.3. The molecule has 1 aromatic heterocycles. The Bertz CT molecular complexity index is 543. The average Bonchev–Trinajstić information content (AvgIpc) is 2.71. The Morgan fingerprint density at radius 1 is 1.31 bits per heavy atom. The second-order valence-electron chi connectivity index (χ2n) is 3.38. The lowest BCUT2D eigenvalue weighted by Gasteiger charge is -2.02. The van der Waals surface area contributed by atoms with Crippen LogP contribution in [-0.4, -0.2) is 11.1 Å². The number of carboxylic acids is 1. The molecule has 0 fully saturated rings. The standard InChI is InChI=1S/C12H9FO3/c1-7-8(3-2-4-9(7)13)10-5-6-11(16-10)12(14)15/h2-6H,1H3,(H,14,15). The van der Waals surface area contributed by atoms with Gasteiger partial charge in [-0.15, -0.1) is 0 Å². The second-order valence-corrected chi connectivity index (χ2v) is 3.38. The Hall–Kier alpha value is -2.10. The fourth-order valence-corrected chi connectivity index (χ4v) is 1.47. The number of carboxylic acid groups (broad SMARTS) is 1. The van der Waals surface area contributed by atoms with Crippen molar-refractivity contribution in [3.8, 4) is 11.3 Å². The Labute approximate surface area is 91.1 Å². The third-order valence-electron chi connectivity index (χ3n) is 2.35. The van der Waals surface area contributed by atoms with E-state index in [1.165, 1.54) is 18.2 Å². The van der Waals surface area contributed by atoms with Crippen molar-refractivity contribution in [3.05, 3.63) is 47.5 Å². The molecule has 3 nitrogen and oxygen atoms in total. The average molecular weight is 220 g/mol. The van der Waals surface area contributed by atoms with Crippen molar-refractivity contribution in [1.82, 2.24) is 0 Å². The van der Waals surface area contributed by atoms with E-state index in [0.29, 0.717) is 16.9 Å². The molecule has 0 spiro atoms. The van der Waals surface area contributed by atoms with E-state index in [-0.39, 0.29) is 11.6 Å². The van der Waals surface area contributed by atoms with Gasteiger partial charge in [-0.25, -0.2) is 9.18 Å². The van der Waals surface area contributed by atoms with Crippen LogP contribution in [0.2, 0.25) is 0 Å². The van der Waals surface area contributed by atoms with Crippen molar-refractivity contribution in [2.45, 2.75) is 6.92 Å². The number of hydrogen-bond acceptors (Lipinski definition) is 2. The molecule has 1 heterocycles. The summed E-state index contributed by atoms with van der Waals surface area (Å²) in [5.74, 6) is -1.28. The van der Waals surface area contributed by atoms with Crippen LogP contribution in [0.4, 0.5) is 4.39 Å². The van der Waals surface area contributed by atoms with E-state index >= 15 is 0 Å². The van der Waals surface area contributed by atoms with Gasteiger partial charge in [0.05, 0.1) is 0 Å². The van der Waals surface area contributed by atoms with E-state index in [1.807, 2.05) is 0 Å². The van der Waals surface area contributed by atoms with Gasteiger partial charge in [0.15, 0.2) is 0 Å². The van der Waals surface area contributed by atoms with E-state index in [1.54, 1.807) is 19.1 Å². The smallest absolute Gasteiger partial charge is 0.371 e. The van der Waals surface area contributed by atoms with Crippen molar-refractivity contribution >= 4 is 5.97 Å². The minimum absolute atomic E-state index is 0.154. The van der Waals surface area contributed by atoms with Gasteiger partial charge in [0.25, 0.3) is 0 Å². The number of furan rings is 1. The zero-order valence-electron chi connectivity index (χ0n) is 8.53. The predicted molar refractivity (Wildman–Crippen MR) is 55.8 cm³/mol. The summed E-state index contributed by atoms with van der Waals surface area (Å²) in [4.78, 5) is 10.6. The molecule has 82 valence electrons. The normalized spacial score (nSPS) is 10.4. The Kier molecular flexibility index (Phi) is 2.48. The molecule has 2 aromatic rings. The van der Waals surface area contributed by atoms with E-state index in [4.69, 9.17) is 9.52 Å². The van der Waals surface area contributed by atoms with Crippen molar-refractivity contribution in [2.75, 3.05) is 0 Å². The maximum absolute atomic E-state index is 13.3. The lowest BCUT2D eigenvalue weighted by molar-refractivity contribution is 0.0663. The molecule has 0 aliphatic rings. The molecule has 0 radical (unpaired) electrons. The molecule has 0 amide bonds. The van der Waals surface area contributed by atoms with Gasteiger partial charge in [0, 0.05) is 5.56 Å². The Morgan fingerprint density at radius 3 is 2.69 bits per heavy atom. The van der Waals surface area contributed by atoms with Gasteiger partial charge in [-0.1, -0.05) is 12.1 Å². The first kappa shape index (κ1) is 10.4. The van der Waals surface area contributed by atoms with Gasteiger partial charge in [0.2, 0.25) is 5.76 Å². The zero-order chi connectivity index (χ0) is 11.7. The number of hydrogen-bond donors (Lipinski definition) is 1. The molecular formula is C12H9FO3. The number of rotatable bonds is 2. The molecule has 0 bridgehead atoms. The second kappa shape index (κ2) is 3.81. The number of aromatic carboxylic acids is 1.